The van der Waals surface area contributed by atoms with E-state index >= 15 is 0 Å². The van der Waals surface area contributed by atoms with Gasteiger partial charge in [-0.05, 0) is 67.1 Å². The van der Waals surface area contributed by atoms with Crippen LogP contribution in [0.3, 0.4) is 0 Å². The minimum Gasteiger partial charge on any atom is -0.871 e. The van der Waals surface area contributed by atoms with Crippen molar-refractivity contribution in [3.05, 3.63) is 105 Å². The molecular formula is C32H24CrN7Na2O11S. The molecule has 0 aliphatic carbocycles. The van der Waals surface area contributed by atoms with E-state index in [9.17, 15) is 53.6 Å². The molecule has 0 aromatic heterocycles. The summed E-state index contributed by atoms with van der Waals surface area (Å²) >= 11 is 0. The Hall–Kier alpha value is -4.20. The second-order valence-corrected chi connectivity index (χ2v) is 11.6. The summed E-state index contributed by atoms with van der Waals surface area (Å²) in [4.78, 5) is 21.3. The van der Waals surface area contributed by atoms with Crippen molar-refractivity contribution in [1.82, 2.24) is 0 Å². The van der Waals surface area contributed by atoms with E-state index in [1.165, 1.54) is 42.5 Å². The van der Waals surface area contributed by atoms with Crippen molar-refractivity contribution in [1.29, 1.82) is 0 Å². The average molecular weight is 813 g/mol. The summed E-state index contributed by atoms with van der Waals surface area (Å²) in [5, 5.41) is 84.0. The van der Waals surface area contributed by atoms with Crippen LogP contribution in [0.25, 0.3) is 10.8 Å². The maximum Gasteiger partial charge on any atom is 3.00 e. The van der Waals surface area contributed by atoms with Crippen molar-refractivity contribution < 1.29 is 120 Å². The molecular weight excluding hydrogens is 788 g/mol. The van der Waals surface area contributed by atoms with Gasteiger partial charge in [0.15, 0.2) is 0 Å². The second-order valence-electron chi connectivity index (χ2n) is 10.3. The molecule has 54 heavy (non-hydrogen) atoms. The number of hydrogen-bond acceptors (Lipinski definition) is 16. The minimum absolute atomic E-state index is 0. The molecule has 0 aliphatic rings. The number of non-ortho nitro benzene ring substituents is 2. The number of nitro groups is 2. The van der Waals surface area contributed by atoms with Gasteiger partial charge in [0.2, 0.25) is 0 Å². The maximum atomic E-state index is 12.4. The van der Waals surface area contributed by atoms with Gasteiger partial charge in [-0.15, -0.1) is 0 Å². The first kappa shape index (κ1) is 47.8. The van der Waals surface area contributed by atoms with Crippen LogP contribution in [0.5, 0.6) is 23.0 Å². The van der Waals surface area contributed by atoms with Crippen LogP contribution in [0.1, 0.15) is 13.8 Å². The first-order chi connectivity index (χ1) is 24.1. The van der Waals surface area contributed by atoms with Gasteiger partial charge in [-0.2, -0.15) is 20.5 Å². The molecule has 0 saturated heterocycles. The van der Waals surface area contributed by atoms with E-state index in [1.54, 1.807) is 6.07 Å². The van der Waals surface area contributed by atoms with E-state index in [0.29, 0.717) is 0 Å². The van der Waals surface area contributed by atoms with E-state index < -0.39 is 47.8 Å². The Kier molecular flexibility index (Phi) is 18.6. The topological polar surface area (TPSA) is 288 Å². The smallest absolute Gasteiger partial charge is 0.871 e. The van der Waals surface area contributed by atoms with Gasteiger partial charge < -0.3 is 29.9 Å². The third-order valence-corrected chi connectivity index (χ3v) is 8.03. The van der Waals surface area contributed by atoms with Crippen LogP contribution in [-0.2, 0) is 27.5 Å². The number of fused-ring (bicyclic) bond motifs is 1. The first-order valence-electron chi connectivity index (χ1n) is 14.6. The van der Waals surface area contributed by atoms with Crippen LogP contribution in [0, 0.1) is 20.2 Å². The normalized spacial score (nSPS) is 10.8. The Morgan fingerprint density at radius 1 is 0.611 bits per heavy atom. The molecule has 267 valence electrons. The minimum atomic E-state index is -4.77. The van der Waals surface area contributed by atoms with E-state index in [2.05, 4.69) is 20.5 Å². The molecule has 0 aliphatic heterocycles. The first-order valence-corrected chi connectivity index (χ1v) is 16.0. The summed E-state index contributed by atoms with van der Waals surface area (Å²) in [5.41, 5.74) is -0.287. The van der Waals surface area contributed by atoms with Crippen LogP contribution in [0.4, 0.5) is 39.8 Å². The molecule has 0 spiro atoms. The van der Waals surface area contributed by atoms with Gasteiger partial charge >= 0.3 is 76.5 Å². The van der Waals surface area contributed by atoms with Crippen LogP contribution >= 0.6 is 0 Å². The Morgan fingerprint density at radius 2 is 1.04 bits per heavy atom. The molecule has 0 heterocycles. The fourth-order valence-electron chi connectivity index (χ4n) is 4.57. The third-order valence-electron chi connectivity index (χ3n) is 7.13. The number of azo groups is 2. The van der Waals surface area contributed by atoms with Gasteiger partial charge in [0.05, 0.1) is 37.5 Å². The van der Waals surface area contributed by atoms with Crippen molar-refractivity contribution in [2.45, 2.75) is 18.7 Å². The molecule has 22 heteroatoms. The molecule has 0 unspecified atom stereocenters. The number of hydrogen-bond donors (Lipinski definition) is 0. The van der Waals surface area contributed by atoms with E-state index in [1.807, 2.05) is 18.7 Å². The van der Waals surface area contributed by atoms with E-state index in [0.717, 1.165) is 55.2 Å². The summed E-state index contributed by atoms with van der Waals surface area (Å²) in [6.45, 7) is 5.54. The SMILES string of the molecule is CCN(CC)c1ccc(N=Nc2ccc([N+](=O)[O-])cc2[O-])c([O-])c1.O=[N+]([O-])c1ccc(N=Nc2ccc3c(S(=O)(=O)[O-])cccc3c2[O-])c([O-])c1.[Cr+3].[Na+].[Na+]. The summed E-state index contributed by atoms with van der Waals surface area (Å²) in [7, 11) is -4.77. The zero-order valence-corrected chi connectivity index (χ0v) is 35.0. The van der Waals surface area contributed by atoms with Crippen LogP contribution in [0.15, 0.2) is 110 Å². The third kappa shape index (κ3) is 11.9. The summed E-state index contributed by atoms with van der Waals surface area (Å²) < 4.78 is 33.9. The Balaban J connectivity index is 0.000000515. The van der Waals surface area contributed by atoms with E-state index in [4.69, 9.17) is 0 Å². The van der Waals surface area contributed by atoms with Crippen molar-refractivity contribution >= 4 is 60.7 Å². The van der Waals surface area contributed by atoms with Gasteiger partial charge in [-0.3, -0.25) is 20.2 Å². The van der Waals surface area contributed by atoms with Gasteiger partial charge in [-0.1, -0.05) is 41.2 Å². The predicted octanol–water partition coefficient (Wildman–Crippen LogP) is -0.776. The molecule has 0 saturated carbocycles. The number of rotatable bonds is 10. The van der Waals surface area contributed by atoms with E-state index in [-0.39, 0.29) is 121 Å². The molecule has 0 atom stereocenters. The zero-order chi connectivity index (χ0) is 37.5. The average Bonchev–Trinajstić information content (AvgIpc) is 3.08. The molecule has 0 fully saturated rings. The summed E-state index contributed by atoms with van der Waals surface area (Å²) in [5.74, 6) is -2.37. The Labute approximate surface area is 362 Å². The molecule has 5 aromatic carbocycles. The van der Waals surface area contributed by atoms with Crippen LogP contribution in [0.2, 0.25) is 0 Å². The molecule has 5 aromatic rings. The van der Waals surface area contributed by atoms with Crippen molar-refractivity contribution in [2.24, 2.45) is 20.5 Å². The molecule has 0 amide bonds. The second kappa shape index (κ2) is 21.0. The number of nitrogens with zero attached hydrogens (tertiary/aromatic N) is 7. The summed E-state index contributed by atoms with van der Waals surface area (Å²) in [6.07, 6.45) is 0. The molecule has 1 radical (unpaired) electrons. The van der Waals surface area contributed by atoms with Gasteiger partial charge in [-0.25, -0.2) is 8.42 Å². The fraction of sp³-hybridized carbons (Fsp3) is 0.125. The predicted molar refractivity (Wildman–Crippen MR) is 174 cm³/mol. The largest absolute Gasteiger partial charge is 3.00 e. The fourth-order valence-corrected chi connectivity index (χ4v) is 5.26. The van der Waals surface area contributed by atoms with Crippen molar-refractivity contribution in [2.75, 3.05) is 18.0 Å². The number of benzene rings is 5. The maximum absolute atomic E-state index is 12.4. The summed E-state index contributed by atoms with van der Waals surface area (Å²) in [6, 6.07) is 17.0. The van der Waals surface area contributed by atoms with Crippen LogP contribution < -0.4 is 84.4 Å². The Morgan fingerprint density at radius 3 is 1.44 bits per heavy atom. The number of anilines is 1. The Bertz CT molecular complexity index is 2310. The number of nitro benzene ring substituents is 2. The monoisotopic (exact) mass is 812 g/mol. The van der Waals surface area contributed by atoms with Gasteiger partial charge in [0.25, 0.3) is 11.4 Å². The molecule has 0 bridgehead atoms. The molecule has 0 N–H and O–H groups in total. The van der Waals surface area contributed by atoms with Gasteiger partial charge in [0, 0.05) is 43.0 Å². The zero-order valence-electron chi connectivity index (χ0n) is 28.9. The van der Waals surface area contributed by atoms with Gasteiger partial charge in [0.1, 0.15) is 10.1 Å². The molecule has 5 rings (SSSR count). The van der Waals surface area contributed by atoms with Crippen molar-refractivity contribution in [3.63, 3.8) is 0 Å². The van der Waals surface area contributed by atoms with Crippen molar-refractivity contribution in [3.8, 4) is 23.0 Å². The molecule has 18 nitrogen and oxygen atoms in total. The quantitative estimate of drug-likeness (QED) is 0.0552. The van der Waals surface area contributed by atoms with Crippen LogP contribution in [-0.4, -0.2) is 35.9 Å². The standard InChI is InChI=1S/C16H18N4O4.C16H11N3O7S.Cr.2Na/c1-3-19(4-2)11-5-7-13(15(21)9-11)17-18-14-8-6-12(20(23)24)10-16(14)22;20-14-8-9(19(22)23)4-6-12(14)17-18-13-7-5-10-11(16(13)21)2-1-3-15(10)27(24,25)26;;;/h5-10,21-22H,3-4H2,1-2H3;1-8,20-21H,(H,24,25,26);;;/q;;+3;2*+1/p-5.